The zero-order valence-corrected chi connectivity index (χ0v) is 15.1. The van der Waals surface area contributed by atoms with Gasteiger partial charge in [0.15, 0.2) is 5.15 Å². The van der Waals surface area contributed by atoms with Gasteiger partial charge in [-0.25, -0.2) is 9.97 Å². The molecular weight excluding hydrogens is 372 g/mol. The molecule has 1 saturated carbocycles. The van der Waals surface area contributed by atoms with Crippen molar-refractivity contribution in [3.05, 3.63) is 16.0 Å². The second kappa shape index (κ2) is 8.11. The molecule has 7 heteroatoms. The Morgan fingerprint density at radius 1 is 1.50 bits per heavy atom. The van der Waals surface area contributed by atoms with Gasteiger partial charge in [0.1, 0.15) is 4.60 Å². The molecule has 2 rings (SSSR count). The number of carbonyl (C=O) groups excluding carboxylic acids is 1. The van der Waals surface area contributed by atoms with E-state index >= 15 is 0 Å². The van der Waals surface area contributed by atoms with E-state index in [2.05, 4.69) is 25.9 Å². The van der Waals surface area contributed by atoms with Crippen molar-refractivity contribution >= 4 is 33.5 Å². The van der Waals surface area contributed by atoms with E-state index in [1.165, 1.54) is 0 Å². The maximum atomic E-state index is 12.0. The van der Waals surface area contributed by atoms with Crippen molar-refractivity contribution in [3.63, 3.8) is 0 Å². The van der Waals surface area contributed by atoms with Gasteiger partial charge in [0.05, 0.1) is 24.8 Å². The highest BCUT2D eigenvalue weighted by molar-refractivity contribution is 9.10. The van der Waals surface area contributed by atoms with Crippen LogP contribution in [0.15, 0.2) is 10.8 Å². The van der Waals surface area contributed by atoms with E-state index in [0.717, 1.165) is 25.7 Å². The second-order valence-corrected chi connectivity index (χ2v) is 6.99. The molecule has 1 aromatic rings. The molecule has 1 unspecified atom stereocenters. The first kappa shape index (κ1) is 17.5. The summed E-state index contributed by atoms with van der Waals surface area (Å²) in [5, 5.41) is 0.237. The Kier molecular flexibility index (Phi) is 6.44. The largest absolute Gasteiger partial charge is 0.475 e. The smallest absolute Gasteiger partial charge is 0.309 e. The van der Waals surface area contributed by atoms with Gasteiger partial charge in [-0.3, -0.25) is 4.79 Å². The van der Waals surface area contributed by atoms with Crippen molar-refractivity contribution in [2.45, 2.75) is 45.6 Å². The highest BCUT2D eigenvalue weighted by Crippen LogP contribution is 2.31. The van der Waals surface area contributed by atoms with Crippen molar-refractivity contribution in [1.82, 2.24) is 9.97 Å². The van der Waals surface area contributed by atoms with Crippen LogP contribution in [-0.4, -0.2) is 28.6 Å². The first-order valence-electron chi connectivity index (χ1n) is 7.47. The van der Waals surface area contributed by atoms with Crippen molar-refractivity contribution in [1.29, 1.82) is 0 Å². The molecule has 5 nitrogen and oxygen atoms in total. The first-order chi connectivity index (χ1) is 10.5. The molecule has 0 amide bonds. The average Bonchev–Trinajstić information content (AvgIpc) is 2.46. The summed E-state index contributed by atoms with van der Waals surface area (Å²) in [6.07, 6.45) is 5.19. The number of carbonyl (C=O) groups is 1. The lowest BCUT2D eigenvalue weighted by Gasteiger charge is -2.28. The fraction of sp³-hybridized carbons (Fsp3) is 0.667. The maximum absolute atomic E-state index is 12.0. The van der Waals surface area contributed by atoms with E-state index in [-0.39, 0.29) is 23.1 Å². The third-order valence-electron chi connectivity index (χ3n) is 3.59. The van der Waals surface area contributed by atoms with Gasteiger partial charge in [0.2, 0.25) is 0 Å². The molecule has 1 heterocycles. The van der Waals surface area contributed by atoms with Crippen LogP contribution in [-0.2, 0) is 9.53 Å². The fourth-order valence-electron chi connectivity index (χ4n) is 2.61. The first-order valence-corrected chi connectivity index (χ1v) is 8.64. The number of esters is 1. The Morgan fingerprint density at radius 3 is 2.95 bits per heavy atom. The summed E-state index contributed by atoms with van der Waals surface area (Å²) >= 11 is 9.18. The monoisotopic (exact) mass is 390 g/mol. The van der Waals surface area contributed by atoms with Crippen LogP contribution in [0.25, 0.3) is 0 Å². The van der Waals surface area contributed by atoms with Crippen LogP contribution in [0.5, 0.6) is 5.88 Å². The zero-order chi connectivity index (χ0) is 16.1. The standard InChI is InChI=1S/C15H20BrClN2O3/c1-9(2)22-15(20)11-5-3-4-10(6-11)8-21-14-13(17)19-12(16)7-18-14/h7,9-11H,3-6,8H2,1-2H3/t10?,11-/m0/s1. The third-order valence-corrected chi connectivity index (χ3v) is 4.22. The molecule has 0 radical (unpaired) electrons. The molecule has 0 saturated heterocycles. The summed E-state index contributed by atoms with van der Waals surface area (Å²) < 4.78 is 11.5. The number of halogens is 2. The number of rotatable bonds is 5. The quantitative estimate of drug-likeness (QED) is 0.709. The predicted molar refractivity (Wildman–Crippen MR) is 86.9 cm³/mol. The lowest BCUT2D eigenvalue weighted by Crippen LogP contribution is -2.29. The SMILES string of the molecule is CC(C)OC(=O)[C@H]1CCCC(COc2ncc(Br)nc2Cl)C1. The Labute approximate surface area is 143 Å². The Balaban J connectivity index is 1.86. The second-order valence-electron chi connectivity index (χ2n) is 5.81. The van der Waals surface area contributed by atoms with E-state index < -0.39 is 0 Å². The van der Waals surface area contributed by atoms with Gasteiger partial charge in [-0.1, -0.05) is 18.0 Å². The zero-order valence-electron chi connectivity index (χ0n) is 12.7. The molecule has 122 valence electrons. The van der Waals surface area contributed by atoms with Gasteiger partial charge in [0.25, 0.3) is 5.88 Å². The number of nitrogens with zero attached hydrogens (tertiary/aromatic N) is 2. The maximum Gasteiger partial charge on any atom is 0.309 e. The summed E-state index contributed by atoms with van der Waals surface area (Å²) in [7, 11) is 0. The van der Waals surface area contributed by atoms with Gasteiger partial charge in [-0.05, 0) is 55.0 Å². The van der Waals surface area contributed by atoms with Crippen LogP contribution in [0.4, 0.5) is 0 Å². The minimum Gasteiger partial charge on any atom is -0.475 e. The summed E-state index contributed by atoms with van der Waals surface area (Å²) in [5.74, 6) is 0.508. The van der Waals surface area contributed by atoms with Crippen LogP contribution in [0.2, 0.25) is 5.15 Å². The lowest BCUT2D eigenvalue weighted by atomic mass is 9.82. The van der Waals surface area contributed by atoms with Crippen molar-refractivity contribution < 1.29 is 14.3 Å². The minimum absolute atomic E-state index is 0.0313. The molecule has 0 aliphatic heterocycles. The number of ether oxygens (including phenoxy) is 2. The number of hydrogen-bond donors (Lipinski definition) is 0. The molecule has 0 bridgehead atoms. The molecule has 1 aliphatic rings. The number of aromatic nitrogens is 2. The number of hydrogen-bond acceptors (Lipinski definition) is 5. The Hall–Kier alpha value is -0.880. The summed E-state index contributed by atoms with van der Waals surface area (Å²) in [4.78, 5) is 20.1. The average molecular weight is 392 g/mol. The lowest BCUT2D eigenvalue weighted by molar-refractivity contribution is -0.154. The van der Waals surface area contributed by atoms with Crippen LogP contribution in [0, 0.1) is 11.8 Å². The van der Waals surface area contributed by atoms with Gasteiger partial charge in [-0.15, -0.1) is 0 Å². The predicted octanol–water partition coefficient (Wildman–Crippen LogP) is 4.03. The fourth-order valence-corrected chi connectivity index (χ4v) is 3.19. The molecule has 1 fully saturated rings. The van der Waals surface area contributed by atoms with Gasteiger partial charge >= 0.3 is 5.97 Å². The molecular formula is C15H20BrClN2O3. The van der Waals surface area contributed by atoms with Gasteiger partial charge in [0, 0.05) is 0 Å². The van der Waals surface area contributed by atoms with Gasteiger partial charge in [-0.2, -0.15) is 0 Å². The van der Waals surface area contributed by atoms with E-state index in [1.54, 1.807) is 6.20 Å². The van der Waals surface area contributed by atoms with E-state index in [4.69, 9.17) is 21.1 Å². The van der Waals surface area contributed by atoms with Crippen LogP contribution in [0.1, 0.15) is 39.5 Å². The highest BCUT2D eigenvalue weighted by atomic mass is 79.9. The van der Waals surface area contributed by atoms with E-state index in [1.807, 2.05) is 13.8 Å². The van der Waals surface area contributed by atoms with Crippen molar-refractivity contribution in [2.75, 3.05) is 6.61 Å². The molecule has 0 spiro atoms. The Bertz CT molecular complexity index is 528. The normalized spacial score (nSPS) is 21.7. The molecule has 22 heavy (non-hydrogen) atoms. The third kappa shape index (κ3) is 5.09. The minimum atomic E-state index is -0.0961. The van der Waals surface area contributed by atoms with Gasteiger partial charge < -0.3 is 9.47 Å². The van der Waals surface area contributed by atoms with E-state index in [9.17, 15) is 4.79 Å². The van der Waals surface area contributed by atoms with E-state index in [0.29, 0.717) is 23.0 Å². The highest BCUT2D eigenvalue weighted by Gasteiger charge is 2.29. The molecule has 2 atom stereocenters. The van der Waals surface area contributed by atoms with Crippen molar-refractivity contribution in [2.24, 2.45) is 11.8 Å². The summed E-state index contributed by atoms with van der Waals surface area (Å²) in [5.41, 5.74) is 0. The van der Waals surface area contributed by atoms with Crippen LogP contribution in [0.3, 0.4) is 0 Å². The Morgan fingerprint density at radius 2 is 2.27 bits per heavy atom. The molecule has 1 aliphatic carbocycles. The van der Waals surface area contributed by atoms with Crippen LogP contribution < -0.4 is 4.74 Å². The summed E-state index contributed by atoms with van der Waals surface area (Å²) in [6, 6.07) is 0. The van der Waals surface area contributed by atoms with Crippen LogP contribution >= 0.6 is 27.5 Å². The molecule has 0 N–H and O–H groups in total. The summed E-state index contributed by atoms with van der Waals surface area (Å²) in [6.45, 7) is 4.23. The molecule has 1 aromatic heterocycles. The molecule has 0 aromatic carbocycles. The van der Waals surface area contributed by atoms with Crippen molar-refractivity contribution in [3.8, 4) is 5.88 Å². The topological polar surface area (TPSA) is 61.3 Å².